The molecule has 0 saturated carbocycles. The van der Waals surface area contributed by atoms with E-state index in [1.54, 1.807) is 13.8 Å². The molecule has 0 radical (unpaired) electrons. The maximum atomic E-state index is 12.9. The van der Waals surface area contributed by atoms with Crippen molar-refractivity contribution in [2.75, 3.05) is 6.61 Å². The molecule has 7 heteroatoms. The van der Waals surface area contributed by atoms with Gasteiger partial charge in [0.25, 0.3) is 0 Å². The van der Waals surface area contributed by atoms with Crippen molar-refractivity contribution in [3.05, 3.63) is 59.7 Å². The number of ether oxygens (including phenoxy) is 1. The number of carboxylic acids is 1. The SMILES string of the molecule is CC#CCC(NC(=O)C(C(C)C)C(C)NC(=O)OCC1c2ccccc2-c2ccccc21)C(=O)O. The van der Waals surface area contributed by atoms with E-state index in [1.165, 1.54) is 0 Å². The predicted molar refractivity (Wildman–Crippen MR) is 134 cm³/mol. The van der Waals surface area contributed by atoms with Crippen LogP contribution in [0.1, 0.15) is 51.2 Å². The molecule has 0 saturated heterocycles. The van der Waals surface area contributed by atoms with Crippen molar-refractivity contribution in [1.82, 2.24) is 10.6 Å². The lowest BCUT2D eigenvalue weighted by Crippen LogP contribution is -2.51. The van der Waals surface area contributed by atoms with E-state index in [1.807, 2.05) is 50.2 Å². The lowest BCUT2D eigenvalue weighted by atomic mass is 9.88. The molecule has 0 spiro atoms. The Hall–Kier alpha value is -3.79. The van der Waals surface area contributed by atoms with Gasteiger partial charge in [-0.1, -0.05) is 62.4 Å². The van der Waals surface area contributed by atoms with Gasteiger partial charge in [0.15, 0.2) is 0 Å². The third-order valence-corrected chi connectivity index (χ3v) is 6.35. The summed E-state index contributed by atoms with van der Waals surface area (Å²) in [6, 6.07) is 14.5. The fourth-order valence-corrected chi connectivity index (χ4v) is 4.70. The van der Waals surface area contributed by atoms with Gasteiger partial charge in [-0.15, -0.1) is 11.8 Å². The minimum atomic E-state index is -1.15. The predicted octanol–water partition coefficient (Wildman–Crippen LogP) is 4.17. The molecule has 1 aliphatic carbocycles. The van der Waals surface area contributed by atoms with Crippen molar-refractivity contribution in [3.8, 4) is 23.0 Å². The summed E-state index contributed by atoms with van der Waals surface area (Å²) in [6.45, 7) is 7.19. The van der Waals surface area contributed by atoms with Crippen LogP contribution in [0.5, 0.6) is 0 Å². The number of carbonyl (C=O) groups is 3. The topological polar surface area (TPSA) is 105 Å². The number of hydrogen-bond donors (Lipinski definition) is 3. The largest absolute Gasteiger partial charge is 0.480 e. The zero-order valence-corrected chi connectivity index (χ0v) is 20.5. The summed E-state index contributed by atoms with van der Waals surface area (Å²) < 4.78 is 5.60. The summed E-state index contributed by atoms with van der Waals surface area (Å²) in [5, 5.41) is 14.7. The van der Waals surface area contributed by atoms with Gasteiger partial charge in [0.2, 0.25) is 5.91 Å². The number of aliphatic carboxylic acids is 1. The standard InChI is InChI=1S/C28H32N2O5/c1-5-6-15-24(27(32)33)30-26(31)25(17(2)3)18(4)29-28(34)35-16-23-21-13-9-7-11-19(21)20-12-8-10-14-22(20)23/h7-14,17-18,23-25H,15-16H2,1-4H3,(H,29,34)(H,30,31)(H,32,33). The fraction of sp³-hybridized carbons (Fsp3) is 0.393. The summed E-state index contributed by atoms with van der Waals surface area (Å²) in [5.74, 6) is 2.87. The van der Waals surface area contributed by atoms with Crippen LogP contribution in [0.15, 0.2) is 48.5 Å². The molecular weight excluding hydrogens is 444 g/mol. The van der Waals surface area contributed by atoms with Crippen LogP contribution in [0.4, 0.5) is 4.79 Å². The first kappa shape index (κ1) is 25.8. The zero-order valence-electron chi connectivity index (χ0n) is 20.5. The van der Waals surface area contributed by atoms with Gasteiger partial charge in [0.05, 0.1) is 5.92 Å². The molecule has 0 aromatic heterocycles. The van der Waals surface area contributed by atoms with Gasteiger partial charge in [-0.2, -0.15) is 0 Å². The Morgan fingerprint density at radius 3 is 2.06 bits per heavy atom. The van der Waals surface area contributed by atoms with E-state index in [4.69, 9.17) is 4.74 Å². The fourth-order valence-electron chi connectivity index (χ4n) is 4.70. The van der Waals surface area contributed by atoms with Crippen molar-refractivity contribution in [1.29, 1.82) is 0 Å². The molecule has 3 N–H and O–H groups in total. The van der Waals surface area contributed by atoms with Crippen molar-refractivity contribution in [2.24, 2.45) is 11.8 Å². The third-order valence-electron chi connectivity index (χ3n) is 6.35. The number of benzene rings is 2. The van der Waals surface area contributed by atoms with Crippen molar-refractivity contribution >= 4 is 18.0 Å². The lowest BCUT2D eigenvalue weighted by molar-refractivity contribution is -0.142. The van der Waals surface area contributed by atoms with Gasteiger partial charge in [-0.3, -0.25) is 4.79 Å². The van der Waals surface area contributed by atoms with Gasteiger partial charge in [-0.05, 0) is 42.0 Å². The monoisotopic (exact) mass is 476 g/mol. The van der Waals surface area contributed by atoms with Crippen LogP contribution in [0.2, 0.25) is 0 Å². The van der Waals surface area contributed by atoms with Crippen molar-refractivity contribution < 1.29 is 24.2 Å². The van der Waals surface area contributed by atoms with E-state index < -0.39 is 36.0 Å². The minimum absolute atomic E-state index is 0.0105. The average Bonchev–Trinajstić information content (AvgIpc) is 3.13. The first-order chi connectivity index (χ1) is 16.7. The van der Waals surface area contributed by atoms with Crippen LogP contribution in [-0.2, 0) is 14.3 Å². The molecule has 184 valence electrons. The number of alkyl carbamates (subject to hydrolysis) is 1. The Kier molecular flexibility index (Phi) is 8.53. The van der Waals surface area contributed by atoms with E-state index >= 15 is 0 Å². The molecule has 2 amide bonds. The first-order valence-corrected chi connectivity index (χ1v) is 11.8. The summed E-state index contributed by atoms with van der Waals surface area (Å²) in [4.78, 5) is 37.1. The Balaban J connectivity index is 1.64. The second-order valence-electron chi connectivity index (χ2n) is 9.06. The van der Waals surface area contributed by atoms with Gasteiger partial charge >= 0.3 is 12.1 Å². The molecule has 0 heterocycles. The number of amides is 2. The Morgan fingerprint density at radius 1 is 0.971 bits per heavy atom. The molecule has 7 nitrogen and oxygen atoms in total. The highest BCUT2D eigenvalue weighted by atomic mass is 16.5. The zero-order chi connectivity index (χ0) is 25.5. The summed E-state index contributed by atoms with van der Waals surface area (Å²) >= 11 is 0. The van der Waals surface area contributed by atoms with Gasteiger partial charge in [0.1, 0.15) is 12.6 Å². The van der Waals surface area contributed by atoms with Crippen LogP contribution in [0.25, 0.3) is 11.1 Å². The molecule has 3 atom stereocenters. The summed E-state index contributed by atoms with van der Waals surface area (Å²) in [5.41, 5.74) is 4.51. The van der Waals surface area contributed by atoms with Crippen LogP contribution in [-0.4, -0.2) is 41.8 Å². The second-order valence-corrected chi connectivity index (χ2v) is 9.06. The van der Waals surface area contributed by atoms with E-state index in [0.717, 1.165) is 22.3 Å². The first-order valence-electron chi connectivity index (χ1n) is 11.8. The number of carboxylic acid groups (broad SMARTS) is 1. The molecule has 3 rings (SSSR count). The smallest absolute Gasteiger partial charge is 0.407 e. The van der Waals surface area contributed by atoms with Crippen LogP contribution >= 0.6 is 0 Å². The molecule has 0 fully saturated rings. The highest BCUT2D eigenvalue weighted by Crippen LogP contribution is 2.44. The molecule has 3 unspecified atom stereocenters. The molecule has 0 aliphatic heterocycles. The molecular formula is C28H32N2O5. The maximum Gasteiger partial charge on any atom is 0.407 e. The van der Waals surface area contributed by atoms with E-state index in [2.05, 4.69) is 34.6 Å². The number of fused-ring (bicyclic) bond motifs is 3. The number of nitrogens with one attached hydrogen (secondary N) is 2. The molecule has 35 heavy (non-hydrogen) atoms. The average molecular weight is 477 g/mol. The van der Waals surface area contributed by atoms with E-state index in [9.17, 15) is 19.5 Å². The Morgan fingerprint density at radius 2 is 1.54 bits per heavy atom. The molecule has 2 aromatic carbocycles. The van der Waals surface area contributed by atoms with Crippen molar-refractivity contribution in [3.63, 3.8) is 0 Å². The highest BCUT2D eigenvalue weighted by Gasteiger charge is 2.33. The maximum absolute atomic E-state index is 12.9. The summed E-state index contributed by atoms with van der Waals surface area (Å²) in [7, 11) is 0. The van der Waals surface area contributed by atoms with Gasteiger partial charge in [-0.25, -0.2) is 9.59 Å². The second kappa shape index (κ2) is 11.6. The highest BCUT2D eigenvalue weighted by molar-refractivity contribution is 5.86. The molecule has 0 bridgehead atoms. The Labute approximate surface area is 206 Å². The van der Waals surface area contributed by atoms with E-state index in [-0.39, 0.29) is 24.9 Å². The number of hydrogen-bond acceptors (Lipinski definition) is 4. The quantitative estimate of drug-likeness (QED) is 0.471. The van der Waals surface area contributed by atoms with Gasteiger partial charge in [0, 0.05) is 18.4 Å². The molecule has 1 aliphatic rings. The minimum Gasteiger partial charge on any atom is -0.480 e. The number of carbonyl (C=O) groups excluding carboxylic acids is 2. The Bertz CT molecular complexity index is 1100. The molecule has 2 aromatic rings. The van der Waals surface area contributed by atoms with Crippen LogP contribution in [0.3, 0.4) is 0 Å². The van der Waals surface area contributed by atoms with Crippen molar-refractivity contribution in [2.45, 2.75) is 52.1 Å². The van der Waals surface area contributed by atoms with E-state index in [0.29, 0.717) is 0 Å². The summed E-state index contributed by atoms with van der Waals surface area (Å²) in [6.07, 6.45) is -0.610. The van der Waals surface area contributed by atoms with Gasteiger partial charge < -0.3 is 20.5 Å². The van der Waals surface area contributed by atoms with Crippen LogP contribution in [0, 0.1) is 23.7 Å². The normalized spacial score (nSPS) is 14.5. The third kappa shape index (κ3) is 6.02. The lowest BCUT2D eigenvalue weighted by Gasteiger charge is -2.28. The number of rotatable bonds is 9. The van der Waals surface area contributed by atoms with Crippen LogP contribution < -0.4 is 10.6 Å².